The summed E-state index contributed by atoms with van der Waals surface area (Å²) in [4.78, 5) is 39.9. The molecular formula is C25H20N4O3. The van der Waals surface area contributed by atoms with Crippen LogP contribution < -0.4 is 10.6 Å². The number of amides is 4. The number of anilines is 1. The van der Waals surface area contributed by atoms with Gasteiger partial charge >= 0.3 is 6.03 Å². The minimum Gasteiger partial charge on any atom is -0.324 e. The first-order valence-corrected chi connectivity index (χ1v) is 10.1. The van der Waals surface area contributed by atoms with Crippen molar-refractivity contribution in [1.29, 1.82) is 5.26 Å². The van der Waals surface area contributed by atoms with E-state index in [-0.39, 0.29) is 6.42 Å². The lowest BCUT2D eigenvalue weighted by atomic mass is 9.83. The van der Waals surface area contributed by atoms with Gasteiger partial charge in [-0.3, -0.25) is 14.5 Å². The first kappa shape index (κ1) is 20.8. The van der Waals surface area contributed by atoms with E-state index in [0.29, 0.717) is 16.8 Å². The van der Waals surface area contributed by atoms with E-state index in [1.54, 1.807) is 42.5 Å². The van der Waals surface area contributed by atoms with Crippen LogP contribution in [0.15, 0.2) is 84.9 Å². The molecule has 1 aliphatic heterocycles. The topological polar surface area (TPSA) is 102 Å². The quantitative estimate of drug-likeness (QED) is 0.593. The Morgan fingerprint density at radius 3 is 2.34 bits per heavy atom. The van der Waals surface area contributed by atoms with Crippen LogP contribution in [0.3, 0.4) is 0 Å². The molecule has 0 radical (unpaired) electrons. The van der Waals surface area contributed by atoms with E-state index < -0.39 is 29.9 Å². The summed E-state index contributed by atoms with van der Waals surface area (Å²) in [6, 6.07) is 26.2. The summed E-state index contributed by atoms with van der Waals surface area (Å²) in [6.07, 6.45) is 0.255. The molecule has 7 nitrogen and oxygen atoms in total. The summed E-state index contributed by atoms with van der Waals surface area (Å²) in [7, 11) is 0. The van der Waals surface area contributed by atoms with E-state index in [4.69, 9.17) is 5.26 Å². The number of carbonyl (C=O) groups excluding carboxylic acids is 3. The van der Waals surface area contributed by atoms with Crippen LogP contribution in [0.1, 0.15) is 16.7 Å². The average Bonchev–Trinajstić information content (AvgIpc) is 3.05. The van der Waals surface area contributed by atoms with Crippen molar-refractivity contribution in [3.8, 4) is 6.07 Å². The van der Waals surface area contributed by atoms with Crippen LogP contribution in [-0.2, 0) is 21.5 Å². The second kappa shape index (κ2) is 8.74. The zero-order valence-corrected chi connectivity index (χ0v) is 17.1. The second-order valence-corrected chi connectivity index (χ2v) is 7.50. The Labute approximate surface area is 185 Å². The standard InChI is InChI=1S/C25H20N4O3/c26-16-19-10-7-13-21(14-19)27-22(30)17-29-23(31)25(28-24(29)32,20-11-5-2-6-12-20)15-18-8-3-1-4-9-18/h1-14H,15,17H2,(H,27,30)(H,28,32). The predicted octanol–water partition coefficient (Wildman–Crippen LogP) is 3.19. The summed E-state index contributed by atoms with van der Waals surface area (Å²) in [6.45, 7) is -0.440. The van der Waals surface area contributed by atoms with Gasteiger partial charge in [0, 0.05) is 12.1 Å². The van der Waals surface area contributed by atoms with Crippen molar-refractivity contribution in [3.05, 3.63) is 102 Å². The van der Waals surface area contributed by atoms with Gasteiger partial charge < -0.3 is 10.6 Å². The maximum Gasteiger partial charge on any atom is 0.325 e. The van der Waals surface area contributed by atoms with E-state index >= 15 is 0 Å². The van der Waals surface area contributed by atoms with Crippen LogP contribution >= 0.6 is 0 Å². The number of carbonyl (C=O) groups is 3. The minimum atomic E-state index is -1.30. The lowest BCUT2D eigenvalue weighted by molar-refractivity contribution is -0.134. The number of nitriles is 1. The van der Waals surface area contributed by atoms with Gasteiger partial charge in [0.25, 0.3) is 5.91 Å². The first-order valence-electron chi connectivity index (χ1n) is 10.1. The van der Waals surface area contributed by atoms with Gasteiger partial charge in [-0.25, -0.2) is 4.79 Å². The zero-order chi connectivity index (χ0) is 22.6. The maximum atomic E-state index is 13.6. The summed E-state index contributed by atoms with van der Waals surface area (Å²) in [5, 5.41) is 14.5. The SMILES string of the molecule is N#Cc1cccc(NC(=O)CN2C(=O)NC(Cc3ccccc3)(c3ccccc3)C2=O)c1. The average molecular weight is 424 g/mol. The van der Waals surface area contributed by atoms with Gasteiger partial charge in [0.15, 0.2) is 5.54 Å². The molecule has 0 saturated carbocycles. The van der Waals surface area contributed by atoms with E-state index in [0.717, 1.165) is 10.5 Å². The van der Waals surface area contributed by atoms with Gasteiger partial charge in [-0.05, 0) is 29.3 Å². The van der Waals surface area contributed by atoms with Gasteiger partial charge in [-0.2, -0.15) is 5.26 Å². The number of nitrogens with zero attached hydrogens (tertiary/aromatic N) is 2. The summed E-state index contributed by atoms with van der Waals surface area (Å²) >= 11 is 0. The van der Waals surface area contributed by atoms with E-state index in [2.05, 4.69) is 10.6 Å². The fraction of sp³-hybridized carbons (Fsp3) is 0.120. The largest absolute Gasteiger partial charge is 0.325 e. The van der Waals surface area contributed by atoms with E-state index in [1.165, 1.54) is 6.07 Å². The Morgan fingerprint density at radius 2 is 1.66 bits per heavy atom. The molecule has 4 rings (SSSR count). The number of nitrogens with one attached hydrogen (secondary N) is 2. The molecule has 3 aromatic carbocycles. The van der Waals surface area contributed by atoms with Crippen molar-refractivity contribution in [2.24, 2.45) is 0 Å². The van der Waals surface area contributed by atoms with Crippen molar-refractivity contribution in [2.75, 3.05) is 11.9 Å². The molecule has 1 atom stereocenters. The summed E-state index contributed by atoms with van der Waals surface area (Å²) in [5.74, 6) is -1.02. The number of hydrogen-bond acceptors (Lipinski definition) is 4. The van der Waals surface area contributed by atoms with Crippen LogP contribution in [-0.4, -0.2) is 29.3 Å². The smallest absolute Gasteiger partial charge is 0.324 e. The molecule has 1 aliphatic rings. The number of hydrogen-bond donors (Lipinski definition) is 2. The molecule has 1 unspecified atom stereocenters. The first-order chi connectivity index (χ1) is 15.5. The Kier molecular flexibility index (Phi) is 5.69. The molecular weight excluding hydrogens is 404 g/mol. The van der Waals surface area contributed by atoms with Crippen LogP contribution in [0, 0.1) is 11.3 Å². The summed E-state index contributed by atoms with van der Waals surface area (Å²) in [5.41, 5.74) is 1.03. The monoisotopic (exact) mass is 424 g/mol. The second-order valence-electron chi connectivity index (χ2n) is 7.50. The molecule has 1 heterocycles. The van der Waals surface area contributed by atoms with E-state index in [9.17, 15) is 14.4 Å². The molecule has 1 saturated heterocycles. The third kappa shape index (κ3) is 4.07. The van der Waals surface area contributed by atoms with Crippen molar-refractivity contribution in [1.82, 2.24) is 10.2 Å². The van der Waals surface area contributed by atoms with Crippen molar-refractivity contribution >= 4 is 23.5 Å². The minimum absolute atomic E-state index is 0.255. The molecule has 158 valence electrons. The number of urea groups is 1. The highest BCUT2D eigenvalue weighted by atomic mass is 16.2. The van der Waals surface area contributed by atoms with Crippen molar-refractivity contribution in [3.63, 3.8) is 0 Å². The normalized spacial score (nSPS) is 17.5. The van der Waals surface area contributed by atoms with Crippen LogP contribution in [0.2, 0.25) is 0 Å². The fourth-order valence-electron chi connectivity index (χ4n) is 3.82. The molecule has 7 heteroatoms. The number of benzene rings is 3. The molecule has 0 aliphatic carbocycles. The molecule has 0 aromatic heterocycles. The molecule has 4 amide bonds. The number of rotatable bonds is 6. The van der Waals surface area contributed by atoms with Gasteiger partial charge in [-0.1, -0.05) is 66.7 Å². The lowest BCUT2D eigenvalue weighted by Crippen LogP contribution is -2.46. The van der Waals surface area contributed by atoms with Crippen molar-refractivity contribution < 1.29 is 14.4 Å². The molecule has 0 bridgehead atoms. The Balaban J connectivity index is 1.59. The van der Waals surface area contributed by atoms with Gasteiger partial charge in [0.05, 0.1) is 11.6 Å². The van der Waals surface area contributed by atoms with Crippen LogP contribution in [0.25, 0.3) is 0 Å². The molecule has 32 heavy (non-hydrogen) atoms. The molecule has 3 aromatic rings. The lowest BCUT2D eigenvalue weighted by Gasteiger charge is -2.27. The predicted molar refractivity (Wildman–Crippen MR) is 118 cm³/mol. The highest BCUT2D eigenvalue weighted by Crippen LogP contribution is 2.33. The number of imide groups is 1. The van der Waals surface area contributed by atoms with Gasteiger partial charge in [-0.15, -0.1) is 0 Å². The van der Waals surface area contributed by atoms with Gasteiger partial charge in [0.2, 0.25) is 5.91 Å². The third-order valence-corrected chi connectivity index (χ3v) is 5.33. The highest BCUT2D eigenvalue weighted by molar-refractivity contribution is 6.10. The van der Waals surface area contributed by atoms with Crippen molar-refractivity contribution in [2.45, 2.75) is 12.0 Å². The molecule has 0 spiro atoms. The molecule has 1 fully saturated rings. The van der Waals surface area contributed by atoms with Gasteiger partial charge in [0.1, 0.15) is 6.54 Å². The third-order valence-electron chi connectivity index (χ3n) is 5.33. The van der Waals surface area contributed by atoms with Crippen LogP contribution in [0.5, 0.6) is 0 Å². The van der Waals surface area contributed by atoms with Crippen LogP contribution in [0.4, 0.5) is 10.5 Å². The molecule has 2 N–H and O–H groups in total. The zero-order valence-electron chi connectivity index (χ0n) is 17.1. The Hall–Kier alpha value is -4.44. The maximum absolute atomic E-state index is 13.6. The summed E-state index contributed by atoms with van der Waals surface area (Å²) < 4.78 is 0. The highest BCUT2D eigenvalue weighted by Gasteiger charge is 2.52. The Morgan fingerprint density at radius 1 is 0.969 bits per heavy atom. The van der Waals surface area contributed by atoms with E-state index in [1.807, 2.05) is 42.5 Å². The Bertz CT molecular complexity index is 1200. The fourth-order valence-corrected chi connectivity index (χ4v) is 3.82.